The van der Waals surface area contributed by atoms with E-state index in [0.717, 1.165) is 0 Å². The van der Waals surface area contributed by atoms with Crippen LogP contribution in [0.1, 0.15) is 6.92 Å². The fourth-order valence-corrected chi connectivity index (χ4v) is 0.554. The standard InChI is InChI=1S/C5H7B.Li.H/c1-5-3-2-4-6-5;;/h2-4,6H,1H3;;. The second-order valence-corrected chi connectivity index (χ2v) is 1.65. The van der Waals surface area contributed by atoms with Gasteiger partial charge < -0.3 is 0 Å². The van der Waals surface area contributed by atoms with Gasteiger partial charge in [0.1, 0.15) is 0 Å². The van der Waals surface area contributed by atoms with Gasteiger partial charge in [-0.2, -0.15) is 0 Å². The van der Waals surface area contributed by atoms with Gasteiger partial charge in [0.05, 0.1) is 0 Å². The van der Waals surface area contributed by atoms with Gasteiger partial charge in [0, 0.05) is 0 Å². The summed E-state index contributed by atoms with van der Waals surface area (Å²) < 4.78 is 0. The van der Waals surface area contributed by atoms with Gasteiger partial charge in [0.15, 0.2) is 7.28 Å². The van der Waals surface area contributed by atoms with Gasteiger partial charge in [-0.1, -0.05) is 19.1 Å². The van der Waals surface area contributed by atoms with E-state index in [0.29, 0.717) is 0 Å². The van der Waals surface area contributed by atoms with Crippen LogP contribution in [0, 0.1) is 0 Å². The first-order valence-corrected chi connectivity index (χ1v) is 2.22. The van der Waals surface area contributed by atoms with Crippen molar-refractivity contribution in [2.45, 2.75) is 6.92 Å². The van der Waals surface area contributed by atoms with Crippen molar-refractivity contribution in [2.75, 3.05) is 0 Å². The van der Waals surface area contributed by atoms with E-state index in [4.69, 9.17) is 0 Å². The van der Waals surface area contributed by atoms with E-state index >= 15 is 0 Å². The Kier molecular flexibility index (Phi) is 3.25. The SMILES string of the molecule is CC1=CC=CB1.[LiH]. The minimum absolute atomic E-state index is 0. The first-order valence-electron chi connectivity index (χ1n) is 2.22. The summed E-state index contributed by atoms with van der Waals surface area (Å²) in [5.41, 5.74) is 1.47. The van der Waals surface area contributed by atoms with E-state index in [1.807, 2.05) is 0 Å². The van der Waals surface area contributed by atoms with E-state index in [9.17, 15) is 0 Å². The number of hydrogen-bond acceptors (Lipinski definition) is 0. The van der Waals surface area contributed by atoms with Gasteiger partial charge in [0.2, 0.25) is 0 Å². The molecule has 1 aliphatic heterocycles. The third-order valence-corrected chi connectivity index (χ3v) is 0.957. The molecule has 7 heavy (non-hydrogen) atoms. The summed E-state index contributed by atoms with van der Waals surface area (Å²) in [5, 5.41) is 0. The summed E-state index contributed by atoms with van der Waals surface area (Å²) in [6.45, 7) is 2.14. The number of hydrogen-bond donors (Lipinski definition) is 0. The molecule has 0 spiro atoms. The molecule has 0 fully saturated rings. The van der Waals surface area contributed by atoms with Gasteiger partial charge in [-0.3, -0.25) is 0 Å². The topological polar surface area (TPSA) is 0 Å². The quantitative estimate of drug-likeness (QED) is 0.369. The Balaban J connectivity index is 0.000000360. The first kappa shape index (κ1) is 7.14. The third-order valence-electron chi connectivity index (χ3n) is 0.957. The molecule has 0 unspecified atom stereocenters. The average Bonchev–Trinajstić information content (AvgIpc) is 1.86. The maximum atomic E-state index is 2.16. The van der Waals surface area contributed by atoms with Crippen LogP contribution in [0.2, 0.25) is 0 Å². The molecule has 32 valence electrons. The summed E-state index contributed by atoms with van der Waals surface area (Å²) in [7, 11) is 1.17. The molecule has 0 radical (unpaired) electrons. The molecule has 0 saturated heterocycles. The normalized spacial score (nSPS) is 14.7. The molecular formula is C5H8BLi. The van der Waals surface area contributed by atoms with Gasteiger partial charge in [-0.25, -0.2) is 0 Å². The van der Waals surface area contributed by atoms with E-state index in [1.165, 1.54) is 12.8 Å². The van der Waals surface area contributed by atoms with Crippen molar-refractivity contribution in [3.05, 3.63) is 23.6 Å². The Morgan fingerprint density at radius 2 is 2.29 bits per heavy atom. The monoisotopic (exact) mass is 86.1 g/mol. The molecule has 1 rings (SSSR count). The molecule has 2 heteroatoms. The molecule has 0 N–H and O–H groups in total. The van der Waals surface area contributed by atoms with E-state index in [2.05, 4.69) is 25.1 Å². The van der Waals surface area contributed by atoms with Crippen LogP contribution in [0.15, 0.2) is 23.6 Å². The van der Waals surface area contributed by atoms with Crippen LogP contribution in [0.4, 0.5) is 0 Å². The molecular weight excluding hydrogens is 77.8 g/mol. The zero-order valence-electron chi connectivity index (χ0n) is 3.94. The van der Waals surface area contributed by atoms with Crippen molar-refractivity contribution >= 4 is 26.1 Å². The van der Waals surface area contributed by atoms with Crippen molar-refractivity contribution in [1.82, 2.24) is 0 Å². The Morgan fingerprint density at radius 1 is 1.57 bits per heavy atom. The van der Waals surface area contributed by atoms with Gasteiger partial charge in [-0.15, -0.1) is 11.4 Å². The zero-order chi connectivity index (χ0) is 4.41. The maximum absolute atomic E-state index is 2.16. The van der Waals surface area contributed by atoms with Crippen molar-refractivity contribution in [3.63, 3.8) is 0 Å². The summed E-state index contributed by atoms with van der Waals surface area (Å²) in [6.07, 6.45) is 4.23. The van der Waals surface area contributed by atoms with Crippen molar-refractivity contribution in [1.29, 1.82) is 0 Å². The van der Waals surface area contributed by atoms with Crippen LogP contribution < -0.4 is 0 Å². The molecule has 0 aliphatic carbocycles. The second kappa shape index (κ2) is 3.18. The molecule has 0 atom stereocenters. The van der Waals surface area contributed by atoms with Crippen molar-refractivity contribution in [3.8, 4) is 0 Å². The van der Waals surface area contributed by atoms with Crippen LogP contribution >= 0.6 is 0 Å². The molecule has 0 aromatic carbocycles. The van der Waals surface area contributed by atoms with Gasteiger partial charge >= 0.3 is 18.9 Å². The molecule has 0 amide bonds. The zero-order valence-corrected chi connectivity index (χ0v) is 3.94. The third kappa shape index (κ3) is 2.07. The van der Waals surface area contributed by atoms with Crippen LogP contribution in [0.25, 0.3) is 0 Å². The number of allylic oxidation sites excluding steroid dienone is 3. The molecule has 0 aromatic heterocycles. The summed E-state index contributed by atoms with van der Waals surface area (Å²) in [4.78, 5) is 0. The fraction of sp³-hybridized carbons (Fsp3) is 0.200. The molecule has 0 saturated carbocycles. The van der Waals surface area contributed by atoms with Crippen molar-refractivity contribution < 1.29 is 0 Å². The van der Waals surface area contributed by atoms with Gasteiger partial charge in [0.25, 0.3) is 0 Å². The number of rotatable bonds is 0. The van der Waals surface area contributed by atoms with E-state index < -0.39 is 0 Å². The molecule has 1 aliphatic rings. The fourth-order valence-electron chi connectivity index (χ4n) is 0.554. The van der Waals surface area contributed by atoms with Crippen LogP contribution in [-0.4, -0.2) is 26.1 Å². The average molecular weight is 85.9 g/mol. The van der Waals surface area contributed by atoms with Gasteiger partial charge in [-0.05, 0) is 0 Å². The summed E-state index contributed by atoms with van der Waals surface area (Å²) in [5.74, 6) is 2.16. The summed E-state index contributed by atoms with van der Waals surface area (Å²) in [6, 6.07) is 0. The Morgan fingerprint density at radius 3 is 2.43 bits per heavy atom. The molecule has 1 heterocycles. The van der Waals surface area contributed by atoms with Crippen LogP contribution in [-0.2, 0) is 0 Å². The van der Waals surface area contributed by atoms with E-state index in [-0.39, 0.29) is 18.9 Å². The Bertz CT molecular complexity index is 105. The first-order chi connectivity index (χ1) is 2.89. The second-order valence-electron chi connectivity index (χ2n) is 1.65. The minimum atomic E-state index is 0. The molecule has 0 bridgehead atoms. The molecule has 0 nitrogen and oxygen atoms in total. The Labute approximate surface area is 57.1 Å². The van der Waals surface area contributed by atoms with E-state index in [1.54, 1.807) is 0 Å². The Hall–Kier alpha value is 0.142. The van der Waals surface area contributed by atoms with Crippen molar-refractivity contribution in [2.24, 2.45) is 0 Å². The predicted molar refractivity (Wildman–Crippen MR) is 37.2 cm³/mol. The van der Waals surface area contributed by atoms with Crippen LogP contribution in [0.3, 0.4) is 0 Å². The summed E-state index contributed by atoms with van der Waals surface area (Å²) >= 11 is 0. The predicted octanol–water partition coefficient (Wildman–Crippen LogP) is 0.206. The van der Waals surface area contributed by atoms with Crippen LogP contribution in [0.5, 0.6) is 0 Å². The molecule has 0 aromatic rings.